The predicted octanol–water partition coefficient (Wildman–Crippen LogP) is 2.95. The molecule has 2 N–H and O–H groups in total. The van der Waals surface area contributed by atoms with Crippen LogP contribution in [0.2, 0.25) is 0 Å². The fraction of sp³-hybridized carbons (Fsp3) is 0.391. The molecule has 29 heavy (non-hydrogen) atoms. The number of likely N-dealkylation sites (tertiary alicyclic amines) is 1. The fourth-order valence-corrected chi connectivity index (χ4v) is 5.19. The van der Waals surface area contributed by atoms with Gasteiger partial charge in [-0.25, -0.2) is 9.37 Å². The molecule has 1 fully saturated rings. The number of carbonyl (C=O) groups is 1. The minimum atomic E-state index is -0.232. The van der Waals surface area contributed by atoms with Crippen LogP contribution in [0.25, 0.3) is 10.2 Å². The molecule has 0 radical (unpaired) electrons. The molecule has 4 rings (SSSR count). The van der Waals surface area contributed by atoms with Crippen LogP contribution in [-0.4, -0.2) is 36.6 Å². The molecule has 6 heteroatoms. The Morgan fingerprint density at radius 1 is 1.21 bits per heavy atom. The second-order valence-electron chi connectivity index (χ2n) is 7.84. The summed E-state index contributed by atoms with van der Waals surface area (Å²) in [6.45, 7) is 4.58. The third-order valence-electron chi connectivity index (χ3n) is 5.92. The first-order valence-corrected chi connectivity index (χ1v) is 11.1. The Labute approximate surface area is 174 Å². The lowest BCUT2D eigenvalue weighted by Gasteiger charge is -2.31. The van der Waals surface area contributed by atoms with Gasteiger partial charge in [-0.05, 0) is 43.2 Å². The Balaban J connectivity index is 1.25. The molecule has 1 amide bonds. The Hall–Kier alpha value is -2.31. The minimum Gasteiger partial charge on any atom is -0.351 e. The monoisotopic (exact) mass is 412 g/mol. The van der Waals surface area contributed by atoms with Crippen molar-refractivity contribution in [3.05, 3.63) is 64.9 Å². The Morgan fingerprint density at radius 3 is 2.66 bits per heavy atom. The molecule has 2 heterocycles. The summed E-state index contributed by atoms with van der Waals surface area (Å²) < 4.78 is 14.2. The lowest BCUT2D eigenvalue weighted by molar-refractivity contribution is -0.919. The number of fused-ring (bicyclic) bond motifs is 1. The van der Waals surface area contributed by atoms with Crippen molar-refractivity contribution in [3.8, 4) is 0 Å². The molecule has 0 unspecified atom stereocenters. The first-order chi connectivity index (χ1) is 14.1. The number of rotatable bonds is 6. The number of carbonyl (C=O) groups excluding carboxylic acids is 1. The van der Waals surface area contributed by atoms with E-state index in [4.69, 9.17) is 4.98 Å². The van der Waals surface area contributed by atoms with Crippen molar-refractivity contribution >= 4 is 27.5 Å². The van der Waals surface area contributed by atoms with Crippen molar-refractivity contribution in [2.24, 2.45) is 0 Å². The second-order valence-corrected chi connectivity index (χ2v) is 8.90. The number of para-hydroxylation sites is 1. The van der Waals surface area contributed by atoms with Crippen LogP contribution in [0.15, 0.2) is 48.5 Å². The Morgan fingerprint density at radius 2 is 1.93 bits per heavy atom. The molecule has 2 aromatic carbocycles. The number of nitrogens with zero attached hydrogens (tertiary/aromatic N) is 1. The molecule has 0 spiro atoms. The van der Waals surface area contributed by atoms with Gasteiger partial charge in [0.2, 0.25) is 0 Å². The zero-order chi connectivity index (χ0) is 20.2. The van der Waals surface area contributed by atoms with E-state index in [1.165, 1.54) is 26.7 Å². The van der Waals surface area contributed by atoms with Gasteiger partial charge in [0.25, 0.3) is 5.91 Å². The highest BCUT2D eigenvalue weighted by atomic mass is 32.1. The molecule has 0 bridgehead atoms. The first kappa shape index (κ1) is 20.0. The predicted molar refractivity (Wildman–Crippen MR) is 115 cm³/mol. The standard InChI is InChI=1S/C23H26FN3OS/c1-16(22(28)25-13-10-17-6-8-19(24)9-7-17)27-14-11-18(12-15-27)23-26-20-4-2-3-5-21(20)29-23/h2-9,16,18H,10-15H2,1H3,(H,25,28)/p+1/t16-/m1/s1. The molecule has 4 nitrogen and oxygen atoms in total. The zero-order valence-electron chi connectivity index (χ0n) is 16.7. The molecular weight excluding hydrogens is 385 g/mol. The highest BCUT2D eigenvalue weighted by molar-refractivity contribution is 7.18. The van der Waals surface area contributed by atoms with Gasteiger partial charge in [-0.1, -0.05) is 24.3 Å². The molecular formula is C23H27FN3OS+. The average Bonchev–Trinajstić information content (AvgIpc) is 3.19. The first-order valence-electron chi connectivity index (χ1n) is 10.3. The smallest absolute Gasteiger partial charge is 0.278 e. The quantitative estimate of drug-likeness (QED) is 0.654. The number of thiazole rings is 1. The van der Waals surface area contributed by atoms with Crippen molar-refractivity contribution in [1.29, 1.82) is 0 Å². The number of benzene rings is 2. The summed E-state index contributed by atoms with van der Waals surface area (Å²) in [5.41, 5.74) is 2.12. The van der Waals surface area contributed by atoms with Gasteiger partial charge in [0, 0.05) is 25.3 Å². The van der Waals surface area contributed by atoms with E-state index in [2.05, 4.69) is 23.5 Å². The van der Waals surface area contributed by atoms with E-state index in [-0.39, 0.29) is 17.8 Å². The Bertz CT molecular complexity index is 931. The molecule has 1 aliphatic heterocycles. The van der Waals surface area contributed by atoms with E-state index >= 15 is 0 Å². The second kappa shape index (κ2) is 9.01. The molecule has 0 aliphatic carbocycles. The highest BCUT2D eigenvalue weighted by Crippen LogP contribution is 2.31. The van der Waals surface area contributed by atoms with E-state index in [9.17, 15) is 9.18 Å². The largest absolute Gasteiger partial charge is 0.351 e. The summed E-state index contributed by atoms with van der Waals surface area (Å²) in [6, 6.07) is 14.7. The van der Waals surface area contributed by atoms with Gasteiger partial charge in [0.15, 0.2) is 6.04 Å². The van der Waals surface area contributed by atoms with Crippen LogP contribution in [0, 0.1) is 5.82 Å². The summed E-state index contributed by atoms with van der Waals surface area (Å²) in [5.74, 6) is 0.370. The van der Waals surface area contributed by atoms with Crippen LogP contribution in [0.4, 0.5) is 4.39 Å². The number of aromatic nitrogens is 1. The number of piperidine rings is 1. The Kier molecular flexibility index (Phi) is 6.21. The maximum absolute atomic E-state index is 13.0. The molecule has 0 saturated carbocycles. The fourth-order valence-electron chi connectivity index (χ4n) is 4.05. The number of amides is 1. The SMILES string of the molecule is C[C@H](C(=O)NCCc1ccc(F)cc1)[NH+]1CCC(c2nc3ccccc3s2)CC1. The summed E-state index contributed by atoms with van der Waals surface area (Å²) in [5, 5.41) is 4.28. The lowest BCUT2D eigenvalue weighted by atomic mass is 9.96. The number of quaternary nitrogens is 1. The van der Waals surface area contributed by atoms with Gasteiger partial charge >= 0.3 is 0 Å². The summed E-state index contributed by atoms with van der Waals surface area (Å²) >= 11 is 1.81. The van der Waals surface area contributed by atoms with Gasteiger partial charge in [-0.15, -0.1) is 11.3 Å². The van der Waals surface area contributed by atoms with Crippen LogP contribution < -0.4 is 10.2 Å². The van der Waals surface area contributed by atoms with Crippen LogP contribution in [0.3, 0.4) is 0 Å². The zero-order valence-corrected chi connectivity index (χ0v) is 17.5. The molecule has 1 aliphatic rings. The number of nitrogens with one attached hydrogen (secondary N) is 2. The van der Waals surface area contributed by atoms with Crippen molar-refractivity contribution < 1.29 is 14.1 Å². The van der Waals surface area contributed by atoms with Crippen LogP contribution >= 0.6 is 11.3 Å². The van der Waals surface area contributed by atoms with Crippen molar-refractivity contribution in [2.75, 3.05) is 19.6 Å². The summed E-state index contributed by atoms with van der Waals surface area (Å²) in [6.07, 6.45) is 2.86. The maximum Gasteiger partial charge on any atom is 0.278 e. The summed E-state index contributed by atoms with van der Waals surface area (Å²) in [4.78, 5) is 18.7. The van der Waals surface area contributed by atoms with E-state index in [0.29, 0.717) is 18.9 Å². The van der Waals surface area contributed by atoms with E-state index in [1.54, 1.807) is 23.5 Å². The van der Waals surface area contributed by atoms with Gasteiger partial charge in [0.05, 0.1) is 28.3 Å². The van der Waals surface area contributed by atoms with Crippen molar-refractivity contribution in [2.45, 2.75) is 38.1 Å². The van der Waals surface area contributed by atoms with E-state index in [0.717, 1.165) is 37.0 Å². The highest BCUT2D eigenvalue weighted by Gasteiger charge is 2.31. The van der Waals surface area contributed by atoms with Crippen molar-refractivity contribution in [1.82, 2.24) is 10.3 Å². The van der Waals surface area contributed by atoms with Crippen molar-refractivity contribution in [3.63, 3.8) is 0 Å². The molecule has 152 valence electrons. The maximum atomic E-state index is 13.0. The molecule has 3 aromatic rings. The normalized spacial score (nSPS) is 20.5. The average molecular weight is 413 g/mol. The molecule has 1 aromatic heterocycles. The third-order valence-corrected chi connectivity index (χ3v) is 7.12. The number of halogens is 1. The molecule has 1 saturated heterocycles. The van der Waals surface area contributed by atoms with Gasteiger partial charge in [-0.2, -0.15) is 0 Å². The lowest BCUT2D eigenvalue weighted by Crippen LogP contribution is -3.17. The van der Waals surface area contributed by atoms with E-state index < -0.39 is 0 Å². The topological polar surface area (TPSA) is 46.4 Å². The van der Waals surface area contributed by atoms with E-state index in [1.807, 2.05) is 13.0 Å². The number of hydrogen-bond donors (Lipinski definition) is 2. The summed E-state index contributed by atoms with van der Waals surface area (Å²) in [7, 11) is 0. The van der Waals surface area contributed by atoms with Gasteiger partial charge in [0.1, 0.15) is 5.82 Å². The minimum absolute atomic E-state index is 0.0560. The van der Waals surface area contributed by atoms with Crippen LogP contribution in [0.1, 0.15) is 36.3 Å². The van der Waals surface area contributed by atoms with Gasteiger partial charge in [-0.3, -0.25) is 4.79 Å². The molecule has 1 atom stereocenters. The number of hydrogen-bond acceptors (Lipinski definition) is 3. The van der Waals surface area contributed by atoms with Crippen LogP contribution in [0.5, 0.6) is 0 Å². The third kappa shape index (κ3) is 4.82. The van der Waals surface area contributed by atoms with Gasteiger partial charge < -0.3 is 10.2 Å². The van der Waals surface area contributed by atoms with Crippen LogP contribution in [-0.2, 0) is 11.2 Å².